The van der Waals surface area contributed by atoms with Crippen LogP contribution in [-0.2, 0) is 16.1 Å². The number of hydrogen-bond donors (Lipinski definition) is 1. The van der Waals surface area contributed by atoms with Gasteiger partial charge in [0, 0.05) is 0 Å². The van der Waals surface area contributed by atoms with Crippen LogP contribution < -0.4 is 10.1 Å². The molecule has 0 fully saturated rings. The van der Waals surface area contributed by atoms with Crippen LogP contribution >= 0.6 is 0 Å². The van der Waals surface area contributed by atoms with E-state index in [1.807, 2.05) is 18.2 Å². The van der Waals surface area contributed by atoms with E-state index in [4.69, 9.17) is 9.15 Å². The van der Waals surface area contributed by atoms with Gasteiger partial charge < -0.3 is 19.2 Å². The molecule has 0 radical (unpaired) electrons. The Morgan fingerprint density at radius 2 is 2.05 bits per heavy atom. The minimum Gasteiger partial charge on any atom is -0.484 e. The summed E-state index contributed by atoms with van der Waals surface area (Å²) in [6.45, 7) is 1.62. The van der Waals surface area contributed by atoms with Gasteiger partial charge in [-0.25, -0.2) is 9.78 Å². The molecule has 7 nitrogen and oxygen atoms in total. The van der Waals surface area contributed by atoms with E-state index in [2.05, 4.69) is 15.0 Å². The molecule has 0 aliphatic carbocycles. The average molecular weight is 304 g/mol. The standard InChI is InChI=1S/C15H16N2O5/c1-10(15(19)20-2)16-14(18)12-8-22-13(17-12)9-21-11-6-4-3-5-7-11/h3-8,10H,9H2,1-2H3,(H,16,18)/t10-/m1/s1. The average Bonchev–Trinajstić information content (AvgIpc) is 3.02. The van der Waals surface area contributed by atoms with E-state index >= 15 is 0 Å². The second kappa shape index (κ2) is 7.26. The van der Waals surface area contributed by atoms with Gasteiger partial charge in [-0.15, -0.1) is 0 Å². The Labute approximate surface area is 127 Å². The van der Waals surface area contributed by atoms with Crippen LogP contribution in [0.1, 0.15) is 23.3 Å². The molecule has 0 saturated heterocycles. The fraction of sp³-hybridized carbons (Fsp3) is 0.267. The molecule has 1 atom stereocenters. The molecule has 2 rings (SSSR count). The summed E-state index contributed by atoms with van der Waals surface area (Å²) in [5, 5.41) is 2.46. The van der Waals surface area contributed by atoms with Crippen molar-refractivity contribution in [2.45, 2.75) is 19.6 Å². The first kappa shape index (κ1) is 15.6. The fourth-order valence-electron chi connectivity index (χ4n) is 1.65. The Hall–Kier alpha value is -2.83. The van der Waals surface area contributed by atoms with Crippen LogP contribution in [0, 0.1) is 0 Å². The fourth-order valence-corrected chi connectivity index (χ4v) is 1.65. The summed E-state index contributed by atoms with van der Waals surface area (Å²) in [5.74, 6) is -0.122. The molecule has 1 N–H and O–H groups in total. The maximum Gasteiger partial charge on any atom is 0.328 e. The Morgan fingerprint density at radius 3 is 2.73 bits per heavy atom. The molecule has 1 amide bonds. The maximum absolute atomic E-state index is 11.9. The van der Waals surface area contributed by atoms with Crippen LogP contribution in [0.5, 0.6) is 5.75 Å². The van der Waals surface area contributed by atoms with Crippen LogP contribution in [0.4, 0.5) is 0 Å². The molecule has 0 unspecified atom stereocenters. The van der Waals surface area contributed by atoms with Crippen molar-refractivity contribution in [3.05, 3.63) is 48.2 Å². The molecule has 0 spiro atoms. The molecule has 1 aromatic carbocycles. The first-order chi connectivity index (χ1) is 10.6. The predicted octanol–water partition coefficient (Wildman–Crippen LogP) is 1.54. The highest BCUT2D eigenvalue weighted by Gasteiger charge is 2.19. The van der Waals surface area contributed by atoms with E-state index in [0.717, 1.165) is 0 Å². The van der Waals surface area contributed by atoms with Gasteiger partial charge in [0.1, 0.15) is 18.1 Å². The summed E-state index contributed by atoms with van der Waals surface area (Å²) in [6, 6.07) is 8.40. The van der Waals surface area contributed by atoms with Gasteiger partial charge in [0.15, 0.2) is 12.3 Å². The molecule has 22 heavy (non-hydrogen) atoms. The lowest BCUT2D eigenvalue weighted by molar-refractivity contribution is -0.142. The molecule has 7 heteroatoms. The van der Waals surface area contributed by atoms with Crippen LogP contribution in [0.25, 0.3) is 0 Å². The third kappa shape index (κ3) is 4.08. The molecule has 1 heterocycles. The van der Waals surface area contributed by atoms with Crippen LogP contribution in [0.2, 0.25) is 0 Å². The Kier molecular flexibility index (Phi) is 5.13. The minimum absolute atomic E-state index is 0.0717. The van der Waals surface area contributed by atoms with Gasteiger partial charge >= 0.3 is 5.97 Å². The van der Waals surface area contributed by atoms with Crippen LogP contribution in [-0.4, -0.2) is 30.0 Å². The van der Waals surface area contributed by atoms with Crippen molar-refractivity contribution in [1.82, 2.24) is 10.3 Å². The number of nitrogens with one attached hydrogen (secondary N) is 1. The monoisotopic (exact) mass is 304 g/mol. The van der Waals surface area contributed by atoms with Crippen molar-refractivity contribution in [3.63, 3.8) is 0 Å². The zero-order valence-electron chi connectivity index (χ0n) is 12.2. The largest absolute Gasteiger partial charge is 0.484 e. The summed E-state index contributed by atoms with van der Waals surface area (Å²) >= 11 is 0. The lowest BCUT2D eigenvalue weighted by Gasteiger charge is -2.09. The van der Waals surface area contributed by atoms with Crippen molar-refractivity contribution < 1.29 is 23.5 Å². The molecule has 0 saturated carbocycles. The Morgan fingerprint density at radius 1 is 1.32 bits per heavy atom. The number of amides is 1. The summed E-state index contributed by atoms with van der Waals surface area (Å²) in [7, 11) is 1.25. The van der Waals surface area contributed by atoms with E-state index in [1.54, 1.807) is 12.1 Å². The first-order valence-electron chi connectivity index (χ1n) is 6.61. The number of ether oxygens (including phenoxy) is 2. The van der Waals surface area contributed by atoms with E-state index in [9.17, 15) is 9.59 Å². The molecule has 0 aliphatic rings. The quantitative estimate of drug-likeness (QED) is 0.814. The number of hydrogen-bond acceptors (Lipinski definition) is 6. The number of carbonyl (C=O) groups excluding carboxylic acids is 2. The van der Waals surface area contributed by atoms with Crippen LogP contribution in [0.15, 0.2) is 41.0 Å². The maximum atomic E-state index is 11.9. The van der Waals surface area contributed by atoms with E-state index in [-0.39, 0.29) is 18.2 Å². The lowest BCUT2D eigenvalue weighted by Crippen LogP contribution is -2.39. The van der Waals surface area contributed by atoms with E-state index in [1.165, 1.54) is 20.3 Å². The molecule has 1 aromatic heterocycles. The highest BCUT2D eigenvalue weighted by atomic mass is 16.5. The van der Waals surface area contributed by atoms with Crippen molar-refractivity contribution >= 4 is 11.9 Å². The number of oxazole rings is 1. The van der Waals surface area contributed by atoms with Gasteiger partial charge in [0.2, 0.25) is 5.89 Å². The summed E-state index contributed by atoms with van der Waals surface area (Å²) in [4.78, 5) is 27.1. The van der Waals surface area contributed by atoms with Gasteiger partial charge in [-0.2, -0.15) is 0 Å². The lowest BCUT2D eigenvalue weighted by atomic mass is 10.3. The highest BCUT2D eigenvalue weighted by Crippen LogP contribution is 2.11. The molecule has 2 aromatic rings. The smallest absolute Gasteiger partial charge is 0.328 e. The predicted molar refractivity (Wildman–Crippen MR) is 76.2 cm³/mol. The van der Waals surface area contributed by atoms with Gasteiger partial charge in [-0.3, -0.25) is 4.79 Å². The summed E-state index contributed by atoms with van der Waals surface area (Å²) in [5.41, 5.74) is 0.0717. The van der Waals surface area contributed by atoms with Crippen molar-refractivity contribution in [2.75, 3.05) is 7.11 Å². The second-order valence-electron chi connectivity index (χ2n) is 4.45. The number of carbonyl (C=O) groups is 2. The molecular weight excluding hydrogens is 288 g/mol. The molecule has 0 aliphatic heterocycles. The van der Waals surface area contributed by atoms with Crippen molar-refractivity contribution in [3.8, 4) is 5.75 Å². The normalized spacial score (nSPS) is 11.5. The minimum atomic E-state index is -0.766. The number of rotatable bonds is 6. The number of nitrogens with zero attached hydrogens (tertiary/aromatic N) is 1. The zero-order chi connectivity index (χ0) is 15.9. The van der Waals surface area contributed by atoms with E-state index < -0.39 is 17.9 Å². The Bertz CT molecular complexity index is 638. The SMILES string of the molecule is COC(=O)[C@@H](C)NC(=O)c1coc(COc2ccccc2)n1. The summed E-state index contributed by atoms with van der Waals surface area (Å²) < 4.78 is 15.1. The topological polar surface area (TPSA) is 90.7 Å². The number of esters is 1. The Balaban J connectivity index is 1.90. The number of para-hydroxylation sites is 1. The second-order valence-corrected chi connectivity index (χ2v) is 4.45. The molecular formula is C15H16N2O5. The third-order valence-electron chi connectivity index (χ3n) is 2.79. The van der Waals surface area contributed by atoms with Gasteiger partial charge in [-0.1, -0.05) is 18.2 Å². The van der Waals surface area contributed by atoms with Crippen molar-refractivity contribution in [1.29, 1.82) is 0 Å². The highest BCUT2D eigenvalue weighted by molar-refractivity contribution is 5.94. The summed E-state index contributed by atoms with van der Waals surface area (Å²) in [6.07, 6.45) is 1.21. The molecule has 0 bridgehead atoms. The van der Waals surface area contributed by atoms with Crippen LogP contribution in [0.3, 0.4) is 0 Å². The third-order valence-corrected chi connectivity index (χ3v) is 2.79. The zero-order valence-corrected chi connectivity index (χ0v) is 12.2. The number of aromatic nitrogens is 1. The van der Waals surface area contributed by atoms with Gasteiger partial charge in [-0.05, 0) is 19.1 Å². The van der Waals surface area contributed by atoms with Gasteiger partial charge in [0.25, 0.3) is 5.91 Å². The first-order valence-corrected chi connectivity index (χ1v) is 6.61. The van der Waals surface area contributed by atoms with Crippen molar-refractivity contribution in [2.24, 2.45) is 0 Å². The number of benzene rings is 1. The van der Waals surface area contributed by atoms with Gasteiger partial charge in [0.05, 0.1) is 7.11 Å². The number of methoxy groups -OCH3 is 1. The van der Waals surface area contributed by atoms with E-state index in [0.29, 0.717) is 5.75 Å². The molecule has 116 valence electrons.